The maximum absolute atomic E-state index is 14.0. The van der Waals surface area contributed by atoms with Crippen LogP contribution < -0.4 is 25.1 Å². The summed E-state index contributed by atoms with van der Waals surface area (Å²) < 4.78 is 38.1. The molecule has 3 heterocycles. The lowest BCUT2D eigenvalue weighted by Crippen LogP contribution is -2.33. The third kappa shape index (κ3) is 5.67. The number of amides is 3. The largest absolute Gasteiger partial charge is 0.378 e. The number of primary sulfonamides is 1. The molecule has 15 heteroatoms. The van der Waals surface area contributed by atoms with Gasteiger partial charge in [0.1, 0.15) is 17.6 Å². The van der Waals surface area contributed by atoms with Gasteiger partial charge in [-0.1, -0.05) is 35.2 Å². The normalized spacial score (nSPS) is 19.3. The van der Waals surface area contributed by atoms with Crippen molar-refractivity contribution in [2.75, 3.05) is 29.2 Å². The Labute approximate surface area is 265 Å². The van der Waals surface area contributed by atoms with E-state index in [1.807, 2.05) is 43.3 Å². The molecule has 1 saturated heterocycles. The van der Waals surface area contributed by atoms with Crippen molar-refractivity contribution in [1.29, 1.82) is 0 Å². The van der Waals surface area contributed by atoms with Crippen molar-refractivity contribution in [3.8, 4) is 0 Å². The van der Waals surface area contributed by atoms with E-state index in [1.165, 1.54) is 53.1 Å². The van der Waals surface area contributed by atoms with E-state index in [2.05, 4.69) is 5.32 Å². The molecule has 3 atom stereocenters. The quantitative estimate of drug-likeness (QED) is 0.285. The first kappa shape index (κ1) is 30.7. The molecule has 2 aliphatic rings. The van der Waals surface area contributed by atoms with Crippen LogP contribution in [0.5, 0.6) is 0 Å². The lowest BCUT2D eigenvalue weighted by molar-refractivity contribution is -0.122. The lowest BCUT2D eigenvalue weighted by Gasteiger charge is -2.31. The van der Waals surface area contributed by atoms with E-state index in [1.54, 1.807) is 0 Å². The highest BCUT2D eigenvalue weighted by atomic mass is 32.2. The van der Waals surface area contributed by atoms with Gasteiger partial charge in [-0.25, -0.2) is 22.8 Å². The first-order valence-corrected chi connectivity index (χ1v) is 16.8. The van der Waals surface area contributed by atoms with Crippen LogP contribution in [0.25, 0.3) is 0 Å². The first-order chi connectivity index (χ1) is 21.3. The van der Waals surface area contributed by atoms with Gasteiger partial charge in [0, 0.05) is 36.3 Å². The number of fused-ring (bicyclic) bond motifs is 2. The molecule has 0 spiro atoms. The van der Waals surface area contributed by atoms with Gasteiger partial charge >= 0.3 is 4.87 Å². The second-order valence-electron chi connectivity index (χ2n) is 10.8. The van der Waals surface area contributed by atoms with Crippen LogP contribution >= 0.6 is 23.1 Å². The Hall–Kier alpha value is -4.31. The number of thioether (sulfide) groups is 1. The predicted molar refractivity (Wildman–Crippen MR) is 170 cm³/mol. The van der Waals surface area contributed by atoms with Crippen molar-refractivity contribution in [2.24, 2.45) is 11.1 Å². The van der Waals surface area contributed by atoms with Crippen LogP contribution in [0.15, 0.2) is 87.5 Å². The SMILES string of the molecule is CN(C)c1ccc([C@H]2c3sc(=O)n(CC(=O)Nc4ccc(S(N)(=O)=O)cc4)c3SC3C(=O)N(c4ccc(F)cc4)C(=O)C32)cc1. The van der Waals surface area contributed by atoms with Crippen molar-refractivity contribution in [3.05, 3.63) is 98.7 Å². The summed E-state index contributed by atoms with van der Waals surface area (Å²) in [4.78, 5) is 57.2. The number of nitrogens with one attached hydrogen (secondary N) is 1. The summed E-state index contributed by atoms with van der Waals surface area (Å²) in [7, 11) is -0.124. The molecule has 3 amide bonds. The zero-order chi connectivity index (χ0) is 32.2. The zero-order valence-corrected chi connectivity index (χ0v) is 26.3. The number of rotatable bonds is 7. The van der Waals surface area contributed by atoms with E-state index >= 15 is 0 Å². The maximum atomic E-state index is 14.0. The number of sulfonamides is 1. The van der Waals surface area contributed by atoms with Crippen LogP contribution in [-0.2, 0) is 31.0 Å². The molecule has 2 aliphatic heterocycles. The second kappa shape index (κ2) is 11.6. The molecular weight excluding hydrogens is 642 g/mol. The Balaban J connectivity index is 1.37. The monoisotopic (exact) mass is 667 g/mol. The van der Waals surface area contributed by atoms with Gasteiger partial charge in [-0.15, -0.1) is 0 Å². The number of thiazole rings is 1. The van der Waals surface area contributed by atoms with Crippen molar-refractivity contribution in [1.82, 2.24) is 4.57 Å². The molecule has 4 aromatic rings. The predicted octanol–water partition coefficient (Wildman–Crippen LogP) is 3.20. The fraction of sp³-hybridized carbons (Fsp3) is 0.200. The van der Waals surface area contributed by atoms with E-state index in [-0.39, 0.29) is 17.1 Å². The summed E-state index contributed by atoms with van der Waals surface area (Å²) in [5.74, 6) is -3.51. The number of anilines is 3. The summed E-state index contributed by atoms with van der Waals surface area (Å²) in [6.07, 6.45) is 0. The molecule has 0 radical (unpaired) electrons. The number of hydrogen-bond acceptors (Lipinski definition) is 9. The average molecular weight is 668 g/mol. The summed E-state index contributed by atoms with van der Waals surface area (Å²) in [5, 5.41) is 7.29. The number of imide groups is 1. The van der Waals surface area contributed by atoms with E-state index in [4.69, 9.17) is 5.14 Å². The first-order valence-electron chi connectivity index (χ1n) is 13.6. The summed E-state index contributed by atoms with van der Waals surface area (Å²) in [6.45, 7) is -0.387. The third-order valence-corrected chi connectivity index (χ3v) is 11.2. The number of nitrogens with zero attached hydrogens (tertiary/aromatic N) is 3. The molecule has 6 rings (SSSR count). The Morgan fingerprint density at radius 3 is 2.20 bits per heavy atom. The smallest absolute Gasteiger partial charge is 0.308 e. The third-order valence-electron chi connectivity index (χ3n) is 7.67. The molecule has 0 aliphatic carbocycles. The van der Waals surface area contributed by atoms with Gasteiger partial charge in [0.05, 0.1) is 21.5 Å². The minimum atomic E-state index is -3.91. The average Bonchev–Trinajstić information content (AvgIpc) is 3.43. The standard InChI is InChI=1S/C30H26FN5O6S3/c1-34(2)19-9-3-16(4-10-19)23-24-25(28(39)36(27(24)38)20-11-5-17(31)6-12-20)43-29-26(23)44-30(40)35(29)15-22(37)33-18-7-13-21(14-8-18)45(32,41)42/h3-14,23-25H,15H2,1-2H3,(H,33,37)(H2,32,41,42)/t23-,24?,25?/m1/s1. The van der Waals surface area contributed by atoms with E-state index in [0.717, 1.165) is 39.2 Å². The van der Waals surface area contributed by atoms with E-state index in [0.29, 0.717) is 15.6 Å². The highest BCUT2D eigenvalue weighted by Crippen LogP contribution is 2.54. The van der Waals surface area contributed by atoms with E-state index in [9.17, 15) is 32.0 Å². The number of hydrogen-bond donors (Lipinski definition) is 2. The van der Waals surface area contributed by atoms with Crippen LogP contribution in [0, 0.1) is 11.7 Å². The zero-order valence-electron chi connectivity index (χ0n) is 23.8. The Bertz CT molecular complexity index is 1990. The van der Waals surface area contributed by atoms with Gasteiger partial charge in [-0.05, 0) is 66.2 Å². The summed E-state index contributed by atoms with van der Waals surface area (Å²) in [5.41, 5.74) is 2.19. The minimum Gasteiger partial charge on any atom is -0.378 e. The topological polar surface area (TPSA) is 152 Å². The molecule has 0 saturated carbocycles. The molecule has 11 nitrogen and oxygen atoms in total. The molecule has 3 N–H and O–H groups in total. The maximum Gasteiger partial charge on any atom is 0.308 e. The summed E-state index contributed by atoms with van der Waals surface area (Å²) in [6, 6.07) is 17.9. The molecule has 0 bridgehead atoms. The van der Waals surface area contributed by atoms with Crippen LogP contribution in [0.2, 0.25) is 0 Å². The van der Waals surface area contributed by atoms with Crippen LogP contribution in [-0.4, -0.2) is 50.1 Å². The molecule has 232 valence electrons. The molecule has 1 aromatic heterocycles. The molecule has 2 unspecified atom stereocenters. The van der Waals surface area contributed by atoms with Gasteiger partial charge < -0.3 is 10.2 Å². The Kier molecular flexibility index (Phi) is 7.89. The summed E-state index contributed by atoms with van der Waals surface area (Å²) >= 11 is 1.98. The van der Waals surface area contributed by atoms with Gasteiger partial charge in [-0.3, -0.25) is 23.7 Å². The number of nitrogens with two attached hydrogens (primary N) is 1. The second-order valence-corrected chi connectivity index (χ2v) is 14.4. The molecule has 1 fully saturated rings. The lowest BCUT2D eigenvalue weighted by atomic mass is 9.83. The molecule has 45 heavy (non-hydrogen) atoms. The molecule has 3 aromatic carbocycles. The Morgan fingerprint density at radius 2 is 1.60 bits per heavy atom. The number of benzene rings is 3. The number of aromatic nitrogens is 1. The van der Waals surface area contributed by atoms with Gasteiger partial charge in [0.25, 0.3) is 0 Å². The van der Waals surface area contributed by atoms with Gasteiger partial charge in [0.2, 0.25) is 27.7 Å². The van der Waals surface area contributed by atoms with Crippen LogP contribution in [0.4, 0.5) is 21.5 Å². The fourth-order valence-corrected chi connectivity index (χ4v) is 8.80. The van der Waals surface area contributed by atoms with Crippen molar-refractivity contribution in [3.63, 3.8) is 0 Å². The van der Waals surface area contributed by atoms with Crippen molar-refractivity contribution >= 4 is 67.9 Å². The van der Waals surface area contributed by atoms with Crippen LogP contribution in [0.1, 0.15) is 16.4 Å². The highest BCUT2D eigenvalue weighted by molar-refractivity contribution is 8.00. The Morgan fingerprint density at radius 1 is 0.956 bits per heavy atom. The van der Waals surface area contributed by atoms with E-state index < -0.39 is 55.5 Å². The van der Waals surface area contributed by atoms with Crippen molar-refractivity contribution in [2.45, 2.75) is 27.6 Å². The molecular formula is C30H26FN5O6S3. The number of carbonyl (C=O) groups is 3. The minimum absolute atomic E-state index is 0.121. The van der Waals surface area contributed by atoms with Crippen LogP contribution in [0.3, 0.4) is 0 Å². The number of halogens is 1. The highest BCUT2D eigenvalue weighted by Gasteiger charge is 2.56. The van der Waals surface area contributed by atoms with Crippen molar-refractivity contribution < 1.29 is 27.2 Å². The van der Waals surface area contributed by atoms with Gasteiger partial charge in [-0.2, -0.15) is 0 Å². The van der Waals surface area contributed by atoms with Gasteiger partial charge in [0.15, 0.2) is 0 Å². The number of carbonyl (C=O) groups excluding carboxylic acids is 3. The fourth-order valence-electron chi connectivity index (χ4n) is 5.51.